The molecule has 463 valence electrons. The van der Waals surface area contributed by atoms with Crippen LogP contribution in [0.3, 0.4) is 0 Å². The van der Waals surface area contributed by atoms with Gasteiger partial charge in [0.1, 0.15) is 0 Å². The molecule has 5 aliphatic heterocycles. The Labute approximate surface area is 549 Å². The van der Waals surface area contributed by atoms with Gasteiger partial charge in [-0.3, -0.25) is 0 Å². The van der Waals surface area contributed by atoms with Crippen LogP contribution in [0.15, 0.2) is 195 Å². The molecule has 0 amide bonds. The standard InChI is InChI=1S/4C10H8N3.C8H4As2O12.4C2H3N.3Co/c4*1-3-7-11-9(5-1)13-10-6-2-4-8-12-10;11-5-1-2-6(12)20-10(16-2)18-4(8(14)22-10)3-7(13)21-9(15-1,17-3)19-5;4*1-2-3;;;/h4*1-8H;1-4H;4*1H3;;;/q4*-1;+2;;;;;;;/t;;;;1-,2-,3-,4-,9?,10?;;;;;;;/m....0......./s1. The van der Waals surface area contributed by atoms with Gasteiger partial charge in [-0.2, -0.15) is 21.0 Å². The van der Waals surface area contributed by atoms with E-state index in [2.05, 4.69) is 61.1 Å². The third-order valence-corrected chi connectivity index (χ3v) is 16.8. The molecule has 5 fully saturated rings. The van der Waals surface area contributed by atoms with E-state index in [0.717, 1.165) is 0 Å². The largest absolute Gasteiger partial charge is 0.369 e. The Morgan fingerprint density at radius 3 is 0.551 bits per heavy atom. The fourth-order valence-electron chi connectivity index (χ4n) is 6.18. The van der Waals surface area contributed by atoms with Gasteiger partial charge in [0.2, 0.25) is 0 Å². The fourth-order valence-corrected chi connectivity index (χ4v) is 14.0. The number of nitriles is 4. The van der Waals surface area contributed by atoms with Gasteiger partial charge in [-0.15, -0.1) is 0 Å². The van der Waals surface area contributed by atoms with E-state index in [1.807, 2.05) is 146 Å². The molecular formula is C56H48As2Co3N16O12-2. The quantitative estimate of drug-likeness (QED) is 0.128. The maximum absolute atomic E-state index is 11.9. The summed E-state index contributed by atoms with van der Waals surface area (Å²) in [6, 6.07) is 51.8. The zero-order valence-electron chi connectivity index (χ0n) is 46.7. The maximum Gasteiger partial charge on any atom is 0.00952 e. The zero-order chi connectivity index (χ0) is 61.8. The van der Waals surface area contributed by atoms with Crippen LogP contribution >= 0.6 is 0 Å². The van der Waals surface area contributed by atoms with Crippen molar-refractivity contribution in [2.24, 2.45) is 0 Å². The molecule has 8 aromatic rings. The summed E-state index contributed by atoms with van der Waals surface area (Å²) in [7, 11) is 0. The van der Waals surface area contributed by atoms with E-state index in [0.29, 0.717) is 46.5 Å². The number of pyridine rings is 8. The third kappa shape index (κ3) is 25.5. The van der Waals surface area contributed by atoms with Crippen LogP contribution in [-0.2, 0) is 99.3 Å². The predicted molar refractivity (Wildman–Crippen MR) is 305 cm³/mol. The molecule has 0 saturated carbocycles. The number of carbonyl (C=O) groups is 4. The molecule has 89 heavy (non-hydrogen) atoms. The molecule has 0 aliphatic carbocycles. The van der Waals surface area contributed by atoms with E-state index in [1.165, 1.54) is 27.7 Å². The van der Waals surface area contributed by atoms with Crippen molar-refractivity contribution in [3.63, 3.8) is 0 Å². The fraction of sp³-hybridized carbons (Fsp3) is 0.143. The molecule has 8 aromatic heterocycles. The van der Waals surface area contributed by atoms with Crippen molar-refractivity contribution in [3.8, 4) is 24.3 Å². The Morgan fingerprint density at radius 2 is 0.438 bits per heavy atom. The van der Waals surface area contributed by atoms with E-state index >= 15 is 0 Å². The van der Waals surface area contributed by atoms with Crippen LogP contribution in [0.4, 0.5) is 46.5 Å². The molecule has 0 N–H and O–H groups in total. The van der Waals surface area contributed by atoms with Gasteiger partial charge in [-0.1, -0.05) is 97.1 Å². The van der Waals surface area contributed by atoms with Crippen LogP contribution in [0, 0.1) is 45.3 Å². The van der Waals surface area contributed by atoms with Crippen molar-refractivity contribution < 1.29 is 99.3 Å². The van der Waals surface area contributed by atoms with E-state index in [-0.39, 0.29) is 50.3 Å². The first-order valence-electron chi connectivity index (χ1n) is 24.7. The average molecular weight is 1460 g/mol. The molecule has 4 atom stereocenters. The number of rotatable bonds is 8. The second-order valence-corrected chi connectivity index (χ2v) is 22.5. The second-order valence-electron chi connectivity index (χ2n) is 15.5. The average Bonchev–Trinajstić information content (AvgIpc) is 1.59. The number of carbonyl (C=O) groups excluding carboxylic acids is 4. The summed E-state index contributed by atoms with van der Waals surface area (Å²) in [6.45, 7) is 5.72. The first-order valence-corrected chi connectivity index (χ1v) is 30.8. The Balaban J connectivity index is 0.000000365. The van der Waals surface area contributed by atoms with Crippen molar-refractivity contribution in [1.29, 1.82) is 21.0 Å². The Morgan fingerprint density at radius 1 is 0.303 bits per heavy atom. The Hall–Kier alpha value is -9.28. The van der Waals surface area contributed by atoms with Gasteiger partial charge in [-0.05, 0) is 98.1 Å². The van der Waals surface area contributed by atoms with Crippen molar-refractivity contribution >= 4 is 100 Å². The van der Waals surface area contributed by atoms with Gasteiger partial charge in [0, 0.05) is 125 Å². The summed E-state index contributed by atoms with van der Waals surface area (Å²) < 4.78 is 40.7. The smallest absolute Gasteiger partial charge is 0.00952 e. The summed E-state index contributed by atoms with van der Waals surface area (Å²) >= 11 is -9.07. The summed E-state index contributed by atoms with van der Waals surface area (Å²) in [5.41, 5.74) is 0. The number of hydrogen-bond donors (Lipinski definition) is 0. The van der Waals surface area contributed by atoms with Gasteiger partial charge in [0.05, 0.1) is 24.3 Å². The van der Waals surface area contributed by atoms with Crippen molar-refractivity contribution in [1.82, 2.24) is 39.9 Å². The van der Waals surface area contributed by atoms with Crippen LogP contribution in [0.5, 0.6) is 0 Å². The first-order chi connectivity index (χ1) is 41.9. The van der Waals surface area contributed by atoms with Gasteiger partial charge in [-0.25, -0.2) is 0 Å². The topological polar surface area (TPSA) is 397 Å². The molecule has 5 aliphatic rings. The first kappa shape index (κ1) is 75.8. The SMILES string of the molecule is CC#N.CC#N.CC#N.CC#N.O=C1O[As+]23OC(=O)[C@@H](O2)[C@@H]2O[As+]4(OC(=O)[C@@H](O4)[C@@H]1O3)OC2=O.[Co].[Co].[Co].c1ccc([N-]c2ccccn2)nc1.c1ccc([N-]c2ccccn2)nc1.c1ccc([N-]c2ccccn2)nc1.c1ccc([N-]c2ccccn2)nc1. The maximum atomic E-state index is 11.9. The van der Waals surface area contributed by atoms with E-state index in [1.54, 1.807) is 73.9 Å². The second kappa shape index (κ2) is 41.7. The van der Waals surface area contributed by atoms with Gasteiger partial charge >= 0.3 is 127 Å². The van der Waals surface area contributed by atoms with E-state index in [9.17, 15) is 19.2 Å². The molecule has 0 unspecified atom stereocenters. The molecule has 3 radical (unpaired) electrons. The number of aromatic nitrogens is 8. The summed E-state index contributed by atoms with van der Waals surface area (Å²) in [6.07, 6.45) is 7.54. The molecule has 2 spiro atoms. The van der Waals surface area contributed by atoms with Gasteiger partial charge in [0.25, 0.3) is 0 Å². The molecule has 28 nitrogen and oxygen atoms in total. The van der Waals surface area contributed by atoms with E-state index < -0.39 is 78.1 Å². The molecule has 13 rings (SSSR count). The number of fused-ring (bicyclic) bond motifs is 6. The van der Waals surface area contributed by atoms with Crippen LogP contribution in [0.25, 0.3) is 21.3 Å². The van der Waals surface area contributed by atoms with Gasteiger partial charge < -0.3 is 61.1 Å². The van der Waals surface area contributed by atoms with Crippen LogP contribution < -0.4 is 0 Å². The van der Waals surface area contributed by atoms with Crippen LogP contribution in [-0.4, -0.2) is 118 Å². The summed E-state index contributed by atoms with van der Waals surface area (Å²) in [5.74, 6) is 1.52. The number of hydrogen-bond acceptors (Lipinski definition) is 24. The minimum absolute atomic E-state index is 0. The van der Waals surface area contributed by atoms with Crippen LogP contribution in [0.2, 0.25) is 0 Å². The van der Waals surface area contributed by atoms with Crippen molar-refractivity contribution in [3.05, 3.63) is 216 Å². The Kier molecular flexibility index (Phi) is 35.6. The minimum atomic E-state index is -4.54. The van der Waals surface area contributed by atoms with Crippen molar-refractivity contribution in [2.75, 3.05) is 0 Å². The van der Waals surface area contributed by atoms with Gasteiger partial charge in [0.15, 0.2) is 0 Å². The molecular weight excluding hydrogens is 1420 g/mol. The molecule has 0 aromatic carbocycles. The minimum Gasteiger partial charge on any atom is -0.369 e. The van der Waals surface area contributed by atoms with Crippen LogP contribution in [0.1, 0.15) is 27.7 Å². The monoisotopic (exact) mass is 1460 g/mol. The molecule has 13 heterocycles. The van der Waals surface area contributed by atoms with Crippen molar-refractivity contribution in [2.45, 2.75) is 52.1 Å². The third-order valence-electron chi connectivity index (χ3n) is 9.37. The Bertz CT molecular complexity index is 2920. The van der Waals surface area contributed by atoms with E-state index in [4.69, 9.17) is 50.9 Å². The molecule has 6 bridgehead atoms. The normalized spacial score (nSPS) is 18.6. The molecule has 33 heteroatoms. The summed E-state index contributed by atoms with van der Waals surface area (Å²) in [5, 5.41) is 46.2. The summed E-state index contributed by atoms with van der Waals surface area (Å²) in [4.78, 5) is 80.1. The predicted octanol–water partition coefficient (Wildman–Crippen LogP) is 10.0. The number of nitrogens with zero attached hydrogens (tertiary/aromatic N) is 16. The zero-order valence-corrected chi connectivity index (χ0v) is 53.6. The molecule has 5 saturated heterocycles.